The SMILES string of the molecule is CC(C)OC(=O)CSc1nc(Cl)c2c(n1)SC1CN(C)CCC21. The Kier molecular flexibility index (Phi) is 5.40. The fraction of sp³-hybridized carbons (Fsp3) is 0.667. The Morgan fingerprint density at radius 1 is 1.52 bits per heavy atom. The van der Waals surface area contributed by atoms with Crippen LogP contribution in [0.1, 0.15) is 31.7 Å². The van der Waals surface area contributed by atoms with Crippen LogP contribution in [0.3, 0.4) is 0 Å². The summed E-state index contributed by atoms with van der Waals surface area (Å²) in [5, 5.41) is 2.57. The fourth-order valence-electron chi connectivity index (χ4n) is 2.95. The van der Waals surface area contributed by atoms with Gasteiger partial charge in [-0.15, -0.1) is 11.8 Å². The molecule has 0 bridgehead atoms. The number of carbonyl (C=O) groups is 1. The summed E-state index contributed by atoms with van der Waals surface area (Å²) in [5.41, 5.74) is 1.10. The predicted molar refractivity (Wildman–Crippen MR) is 93.5 cm³/mol. The number of esters is 1. The molecule has 5 nitrogen and oxygen atoms in total. The van der Waals surface area contributed by atoms with E-state index in [9.17, 15) is 4.79 Å². The van der Waals surface area contributed by atoms with Crippen LogP contribution in [0.4, 0.5) is 0 Å². The normalized spacial score (nSPS) is 23.7. The highest BCUT2D eigenvalue weighted by Gasteiger charge is 2.40. The molecule has 0 N–H and O–H groups in total. The van der Waals surface area contributed by atoms with E-state index in [2.05, 4.69) is 21.9 Å². The summed E-state index contributed by atoms with van der Waals surface area (Å²) in [7, 11) is 2.15. The van der Waals surface area contributed by atoms with E-state index in [4.69, 9.17) is 16.3 Å². The van der Waals surface area contributed by atoms with E-state index < -0.39 is 0 Å². The van der Waals surface area contributed by atoms with Gasteiger partial charge in [-0.25, -0.2) is 9.97 Å². The monoisotopic (exact) mass is 373 g/mol. The quantitative estimate of drug-likeness (QED) is 0.348. The van der Waals surface area contributed by atoms with Gasteiger partial charge in [-0.05, 0) is 33.9 Å². The zero-order valence-corrected chi connectivity index (χ0v) is 15.8. The Morgan fingerprint density at radius 3 is 3.04 bits per heavy atom. The molecule has 1 aromatic heterocycles. The number of hydrogen-bond acceptors (Lipinski definition) is 7. The van der Waals surface area contributed by atoms with Crippen molar-refractivity contribution >= 4 is 41.1 Å². The molecular formula is C15H20ClN3O2S2. The lowest BCUT2D eigenvalue weighted by Crippen LogP contribution is -2.36. The van der Waals surface area contributed by atoms with Crippen LogP contribution in [-0.4, -0.2) is 58.1 Å². The number of carbonyl (C=O) groups excluding carboxylic acids is 1. The molecule has 2 aliphatic heterocycles. The molecule has 1 fully saturated rings. The topological polar surface area (TPSA) is 55.3 Å². The first-order valence-electron chi connectivity index (χ1n) is 7.69. The van der Waals surface area contributed by atoms with Gasteiger partial charge in [0.1, 0.15) is 10.2 Å². The maximum absolute atomic E-state index is 11.6. The van der Waals surface area contributed by atoms with Crippen molar-refractivity contribution < 1.29 is 9.53 Å². The maximum atomic E-state index is 11.6. The Labute approximate surface area is 149 Å². The lowest BCUT2D eigenvalue weighted by atomic mass is 9.91. The van der Waals surface area contributed by atoms with Crippen LogP contribution in [0.5, 0.6) is 0 Å². The van der Waals surface area contributed by atoms with Crippen LogP contribution in [0.2, 0.25) is 5.15 Å². The van der Waals surface area contributed by atoms with Crippen LogP contribution in [0, 0.1) is 0 Å². The smallest absolute Gasteiger partial charge is 0.316 e. The number of rotatable bonds is 4. The van der Waals surface area contributed by atoms with Crippen LogP contribution >= 0.6 is 35.1 Å². The van der Waals surface area contributed by atoms with Crippen molar-refractivity contribution in [3.05, 3.63) is 10.7 Å². The second-order valence-electron chi connectivity index (χ2n) is 6.16. The zero-order chi connectivity index (χ0) is 16.6. The largest absolute Gasteiger partial charge is 0.462 e. The van der Waals surface area contributed by atoms with Gasteiger partial charge in [0.05, 0.1) is 11.9 Å². The molecule has 3 heterocycles. The molecule has 2 aliphatic rings. The number of piperidine rings is 1. The first kappa shape index (κ1) is 17.3. The van der Waals surface area contributed by atoms with Gasteiger partial charge >= 0.3 is 5.97 Å². The third-order valence-corrected chi connectivity index (χ3v) is 6.35. The lowest BCUT2D eigenvalue weighted by Gasteiger charge is -2.31. The Bertz CT molecular complexity index is 615. The number of aromatic nitrogens is 2. The van der Waals surface area contributed by atoms with E-state index in [1.165, 1.54) is 11.8 Å². The number of nitrogens with zero attached hydrogens (tertiary/aromatic N) is 3. The minimum Gasteiger partial charge on any atom is -0.462 e. The van der Waals surface area contributed by atoms with Crippen molar-refractivity contribution in [1.29, 1.82) is 0 Å². The Balaban J connectivity index is 1.71. The fourth-order valence-corrected chi connectivity index (χ4v) is 5.62. The molecular weight excluding hydrogens is 354 g/mol. The van der Waals surface area contributed by atoms with Crippen LogP contribution in [-0.2, 0) is 9.53 Å². The highest BCUT2D eigenvalue weighted by Crippen LogP contribution is 2.50. The molecule has 0 aromatic carbocycles. The van der Waals surface area contributed by atoms with E-state index in [0.717, 1.165) is 30.1 Å². The van der Waals surface area contributed by atoms with Crippen molar-refractivity contribution in [3.63, 3.8) is 0 Å². The molecule has 1 saturated heterocycles. The molecule has 2 unspecified atom stereocenters. The summed E-state index contributed by atoms with van der Waals surface area (Å²) in [6, 6.07) is 0. The van der Waals surface area contributed by atoms with E-state index in [0.29, 0.717) is 21.5 Å². The van der Waals surface area contributed by atoms with Gasteiger partial charge in [-0.2, -0.15) is 0 Å². The van der Waals surface area contributed by atoms with Crippen molar-refractivity contribution in [1.82, 2.24) is 14.9 Å². The summed E-state index contributed by atoms with van der Waals surface area (Å²) >= 11 is 9.49. The average molecular weight is 374 g/mol. The molecule has 0 amide bonds. The number of hydrogen-bond donors (Lipinski definition) is 0. The minimum absolute atomic E-state index is 0.108. The summed E-state index contributed by atoms with van der Waals surface area (Å²) in [4.78, 5) is 23.0. The van der Waals surface area contributed by atoms with E-state index in [-0.39, 0.29) is 17.8 Å². The van der Waals surface area contributed by atoms with Crippen LogP contribution < -0.4 is 0 Å². The number of thioether (sulfide) groups is 2. The maximum Gasteiger partial charge on any atom is 0.316 e. The molecule has 0 aliphatic carbocycles. The first-order chi connectivity index (χ1) is 10.9. The molecule has 0 radical (unpaired) electrons. The molecule has 0 saturated carbocycles. The number of halogens is 1. The number of ether oxygens (including phenoxy) is 1. The third kappa shape index (κ3) is 3.95. The van der Waals surface area contributed by atoms with Crippen molar-refractivity contribution in [2.45, 2.75) is 47.7 Å². The zero-order valence-electron chi connectivity index (χ0n) is 13.4. The second kappa shape index (κ2) is 7.17. The van der Waals surface area contributed by atoms with Crippen molar-refractivity contribution in [2.75, 3.05) is 25.9 Å². The van der Waals surface area contributed by atoms with E-state index in [1.54, 1.807) is 11.8 Å². The highest BCUT2D eigenvalue weighted by atomic mass is 35.5. The summed E-state index contributed by atoms with van der Waals surface area (Å²) < 4.78 is 5.12. The molecule has 8 heteroatoms. The highest BCUT2D eigenvalue weighted by molar-refractivity contribution is 8.00. The molecule has 1 aromatic rings. The van der Waals surface area contributed by atoms with Crippen molar-refractivity contribution in [3.8, 4) is 0 Å². The molecule has 2 atom stereocenters. The summed E-state index contributed by atoms with van der Waals surface area (Å²) in [6.07, 6.45) is 0.987. The second-order valence-corrected chi connectivity index (χ2v) is 8.69. The van der Waals surface area contributed by atoms with Gasteiger partial charge in [-0.3, -0.25) is 4.79 Å². The van der Waals surface area contributed by atoms with Crippen molar-refractivity contribution in [2.24, 2.45) is 0 Å². The van der Waals surface area contributed by atoms with Crippen LogP contribution in [0.15, 0.2) is 10.2 Å². The standard InChI is InChI=1S/C15H20ClN3O2S2/c1-8(2)21-11(20)7-22-15-17-13(16)12-9-4-5-19(3)6-10(9)23-14(12)18-15/h8-10H,4-7H2,1-3H3. The van der Waals surface area contributed by atoms with Gasteiger partial charge in [0, 0.05) is 23.3 Å². The van der Waals surface area contributed by atoms with E-state index >= 15 is 0 Å². The lowest BCUT2D eigenvalue weighted by molar-refractivity contribution is -0.144. The predicted octanol–water partition coefficient (Wildman–Crippen LogP) is 3.07. The molecule has 0 spiro atoms. The molecule has 3 rings (SSSR count). The Morgan fingerprint density at radius 2 is 2.30 bits per heavy atom. The summed E-state index contributed by atoms with van der Waals surface area (Å²) in [5.74, 6) is 0.393. The Hall–Kier alpha value is -0.500. The third-order valence-electron chi connectivity index (χ3n) is 3.93. The molecule has 126 valence electrons. The summed E-state index contributed by atoms with van der Waals surface area (Å²) in [6.45, 7) is 5.79. The minimum atomic E-state index is -0.256. The van der Waals surface area contributed by atoms with Crippen LogP contribution in [0.25, 0.3) is 0 Å². The van der Waals surface area contributed by atoms with Gasteiger partial charge in [-0.1, -0.05) is 23.4 Å². The number of likely N-dealkylation sites (tertiary alicyclic amines) is 1. The van der Waals surface area contributed by atoms with Gasteiger partial charge in [0.2, 0.25) is 0 Å². The van der Waals surface area contributed by atoms with E-state index in [1.807, 2.05) is 13.8 Å². The molecule has 23 heavy (non-hydrogen) atoms. The first-order valence-corrected chi connectivity index (χ1v) is 9.93. The van der Waals surface area contributed by atoms with Gasteiger partial charge in [0.25, 0.3) is 0 Å². The average Bonchev–Trinajstić information content (AvgIpc) is 2.82. The number of fused-ring (bicyclic) bond motifs is 3. The van der Waals surface area contributed by atoms with Gasteiger partial charge in [0.15, 0.2) is 5.16 Å². The van der Waals surface area contributed by atoms with Gasteiger partial charge < -0.3 is 9.64 Å².